The molecule has 1 unspecified atom stereocenters. The lowest BCUT2D eigenvalue weighted by Crippen LogP contribution is -2.61. The van der Waals surface area contributed by atoms with E-state index < -0.39 is 5.54 Å². The van der Waals surface area contributed by atoms with Crippen molar-refractivity contribution < 1.29 is 9.59 Å². The minimum absolute atomic E-state index is 0. The fourth-order valence-electron chi connectivity index (χ4n) is 4.89. The molecular weight excluding hydrogens is 411 g/mol. The molecule has 4 rings (SSSR count). The van der Waals surface area contributed by atoms with Crippen LogP contribution in [0.15, 0.2) is 30.3 Å². The van der Waals surface area contributed by atoms with Crippen LogP contribution in [0.5, 0.6) is 0 Å². The molecule has 1 aromatic carbocycles. The van der Waals surface area contributed by atoms with Crippen molar-refractivity contribution in [1.82, 2.24) is 20.0 Å². The average Bonchev–Trinajstić information content (AvgIpc) is 3.10. The number of piperidine rings is 1. The highest BCUT2D eigenvalue weighted by Gasteiger charge is 2.51. The Bertz CT molecular complexity index is 685. The van der Waals surface area contributed by atoms with Crippen LogP contribution in [0, 0.1) is 0 Å². The van der Waals surface area contributed by atoms with Gasteiger partial charge in [0.25, 0.3) is 0 Å². The van der Waals surface area contributed by atoms with E-state index in [1.54, 1.807) is 0 Å². The number of amides is 2. The van der Waals surface area contributed by atoms with Gasteiger partial charge in [-0.15, -0.1) is 24.8 Å². The Hall–Kier alpha value is -1.34. The molecule has 0 radical (unpaired) electrons. The molecule has 0 aliphatic carbocycles. The van der Waals surface area contributed by atoms with Crippen molar-refractivity contribution in [2.45, 2.75) is 37.8 Å². The van der Waals surface area contributed by atoms with Crippen LogP contribution in [0.2, 0.25) is 0 Å². The van der Waals surface area contributed by atoms with Gasteiger partial charge in [-0.1, -0.05) is 30.3 Å². The van der Waals surface area contributed by atoms with Gasteiger partial charge in [0.15, 0.2) is 0 Å². The summed E-state index contributed by atoms with van der Waals surface area (Å²) in [6, 6.07) is 10.2. The van der Waals surface area contributed by atoms with Gasteiger partial charge in [-0.2, -0.15) is 0 Å². The molecule has 162 valence electrons. The standard InChI is InChI=1S/C21H30N4O2.2ClH/c26-19(23-14-10-22-11-15-23)17-25-13-5-9-21(25)8-4-12-24(20(21)27)16-18-6-2-1-3-7-18;;/h1-3,6-7,22H,4-5,8-17H2;2*1H. The summed E-state index contributed by atoms with van der Waals surface area (Å²) in [4.78, 5) is 32.4. The number of likely N-dealkylation sites (tertiary alicyclic amines) is 2. The SMILES string of the molecule is Cl.Cl.O=C(CN1CCCC12CCCN(Cc1ccccc1)C2=O)N1CCNCC1. The Labute approximate surface area is 185 Å². The molecule has 1 aromatic rings. The summed E-state index contributed by atoms with van der Waals surface area (Å²) in [7, 11) is 0. The first-order valence-electron chi connectivity index (χ1n) is 10.3. The number of halogens is 2. The second kappa shape index (κ2) is 10.6. The largest absolute Gasteiger partial charge is 0.339 e. The van der Waals surface area contributed by atoms with E-state index >= 15 is 0 Å². The van der Waals surface area contributed by atoms with Crippen LogP contribution >= 0.6 is 24.8 Å². The van der Waals surface area contributed by atoms with E-state index in [0.29, 0.717) is 13.1 Å². The van der Waals surface area contributed by atoms with E-state index in [1.807, 2.05) is 28.0 Å². The number of hydrogen-bond acceptors (Lipinski definition) is 4. The molecule has 3 aliphatic rings. The predicted octanol–water partition coefficient (Wildman–Crippen LogP) is 1.92. The van der Waals surface area contributed by atoms with E-state index in [2.05, 4.69) is 22.3 Å². The second-order valence-corrected chi connectivity index (χ2v) is 8.00. The Balaban J connectivity index is 0.00000150. The van der Waals surface area contributed by atoms with E-state index in [4.69, 9.17) is 0 Å². The third-order valence-corrected chi connectivity index (χ3v) is 6.34. The Morgan fingerprint density at radius 3 is 2.31 bits per heavy atom. The van der Waals surface area contributed by atoms with Crippen molar-refractivity contribution in [1.29, 1.82) is 0 Å². The lowest BCUT2D eigenvalue weighted by atomic mass is 9.85. The number of carbonyl (C=O) groups is 2. The molecule has 1 atom stereocenters. The number of piperazine rings is 1. The van der Waals surface area contributed by atoms with Crippen LogP contribution in [0.4, 0.5) is 0 Å². The first-order valence-corrected chi connectivity index (χ1v) is 10.3. The molecule has 0 bridgehead atoms. The molecular formula is C21H32Cl2N4O2. The minimum Gasteiger partial charge on any atom is -0.339 e. The fourth-order valence-corrected chi connectivity index (χ4v) is 4.89. The van der Waals surface area contributed by atoms with Crippen LogP contribution in [0.1, 0.15) is 31.2 Å². The van der Waals surface area contributed by atoms with Crippen molar-refractivity contribution in [2.24, 2.45) is 0 Å². The summed E-state index contributed by atoms with van der Waals surface area (Å²) in [5.41, 5.74) is 0.709. The number of rotatable bonds is 4. The molecule has 3 aliphatic heterocycles. The lowest BCUT2D eigenvalue weighted by molar-refractivity contribution is -0.150. The number of carbonyl (C=O) groups excluding carboxylic acids is 2. The molecule has 1 N–H and O–H groups in total. The zero-order chi connectivity index (χ0) is 18.7. The van der Waals surface area contributed by atoms with Crippen molar-refractivity contribution in [3.63, 3.8) is 0 Å². The molecule has 29 heavy (non-hydrogen) atoms. The van der Waals surface area contributed by atoms with Crippen molar-refractivity contribution >= 4 is 36.6 Å². The number of benzene rings is 1. The summed E-state index contributed by atoms with van der Waals surface area (Å²) in [5, 5.41) is 3.29. The number of nitrogens with one attached hydrogen (secondary N) is 1. The molecule has 3 fully saturated rings. The van der Waals surface area contributed by atoms with E-state index in [1.165, 1.54) is 5.56 Å². The first-order chi connectivity index (χ1) is 13.2. The van der Waals surface area contributed by atoms with Gasteiger partial charge in [-0.05, 0) is 37.8 Å². The van der Waals surface area contributed by atoms with Crippen molar-refractivity contribution in [3.05, 3.63) is 35.9 Å². The second-order valence-electron chi connectivity index (χ2n) is 8.00. The van der Waals surface area contributed by atoms with Gasteiger partial charge in [0.2, 0.25) is 11.8 Å². The first kappa shape index (κ1) is 23.9. The molecule has 0 saturated carbocycles. The summed E-state index contributed by atoms with van der Waals surface area (Å²) in [6.45, 7) is 5.98. The zero-order valence-electron chi connectivity index (χ0n) is 16.8. The Kier molecular flexibility index (Phi) is 8.76. The predicted molar refractivity (Wildman–Crippen MR) is 119 cm³/mol. The van der Waals surface area contributed by atoms with Gasteiger partial charge in [0, 0.05) is 39.3 Å². The third kappa shape index (κ3) is 5.05. The summed E-state index contributed by atoms with van der Waals surface area (Å²) < 4.78 is 0. The Morgan fingerprint density at radius 2 is 1.62 bits per heavy atom. The zero-order valence-corrected chi connectivity index (χ0v) is 18.5. The highest BCUT2D eigenvalue weighted by Crippen LogP contribution is 2.38. The number of hydrogen-bond donors (Lipinski definition) is 1. The minimum atomic E-state index is -0.462. The normalized spacial score (nSPS) is 24.9. The van der Waals surface area contributed by atoms with E-state index in [-0.39, 0.29) is 36.6 Å². The van der Waals surface area contributed by atoms with Gasteiger partial charge >= 0.3 is 0 Å². The molecule has 8 heteroatoms. The van der Waals surface area contributed by atoms with Gasteiger partial charge in [-0.3, -0.25) is 14.5 Å². The molecule has 3 saturated heterocycles. The molecule has 3 heterocycles. The van der Waals surface area contributed by atoms with Crippen LogP contribution in [0.25, 0.3) is 0 Å². The van der Waals surface area contributed by atoms with Crippen LogP contribution < -0.4 is 5.32 Å². The van der Waals surface area contributed by atoms with Gasteiger partial charge in [-0.25, -0.2) is 0 Å². The van der Waals surface area contributed by atoms with Gasteiger partial charge < -0.3 is 15.1 Å². The highest BCUT2D eigenvalue weighted by molar-refractivity contribution is 5.89. The lowest BCUT2D eigenvalue weighted by Gasteiger charge is -2.45. The highest BCUT2D eigenvalue weighted by atomic mass is 35.5. The van der Waals surface area contributed by atoms with Crippen LogP contribution in [0.3, 0.4) is 0 Å². The average molecular weight is 443 g/mol. The quantitative estimate of drug-likeness (QED) is 0.773. The topological polar surface area (TPSA) is 55.9 Å². The van der Waals surface area contributed by atoms with Gasteiger partial charge in [0.1, 0.15) is 5.54 Å². The van der Waals surface area contributed by atoms with E-state index in [0.717, 1.165) is 65.0 Å². The fraction of sp³-hybridized carbons (Fsp3) is 0.619. The monoisotopic (exact) mass is 442 g/mol. The maximum Gasteiger partial charge on any atom is 0.243 e. The van der Waals surface area contributed by atoms with E-state index in [9.17, 15) is 9.59 Å². The van der Waals surface area contributed by atoms with Crippen LogP contribution in [-0.2, 0) is 16.1 Å². The third-order valence-electron chi connectivity index (χ3n) is 6.34. The van der Waals surface area contributed by atoms with Gasteiger partial charge in [0.05, 0.1) is 6.54 Å². The van der Waals surface area contributed by atoms with Crippen molar-refractivity contribution in [3.8, 4) is 0 Å². The molecule has 1 spiro atoms. The van der Waals surface area contributed by atoms with Crippen LogP contribution in [-0.4, -0.2) is 77.9 Å². The summed E-state index contributed by atoms with van der Waals surface area (Å²) >= 11 is 0. The number of nitrogens with zero attached hydrogens (tertiary/aromatic N) is 3. The Morgan fingerprint density at radius 1 is 0.966 bits per heavy atom. The molecule has 6 nitrogen and oxygen atoms in total. The molecule has 2 amide bonds. The smallest absolute Gasteiger partial charge is 0.243 e. The molecule has 0 aromatic heterocycles. The van der Waals surface area contributed by atoms with Crippen molar-refractivity contribution in [2.75, 3.05) is 45.8 Å². The summed E-state index contributed by atoms with van der Waals surface area (Å²) in [6.07, 6.45) is 3.77. The summed E-state index contributed by atoms with van der Waals surface area (Å²) in [5.74, 6) is 0.397. The maximum absolute atomic E-state index is 13.5. The maximum atomic E-state index is 13.5.